The smallest absolute Gasteiger partial charge is 0.160 e. The highest BCUT2D eigenvalue weighted by Gasteiger charge is 2.36. The fourth-order valence-electron chi connectivity index (χ4n) is 4.91. The Morgan fingerprint density at radius 3 is 2.17 bits per heavy atom. The molecule has 0 aromatic heterocycles. The maximum Gasteiger partial charge on any atom is 0.160 e. The molecule has 3 nitrogen and oxygen atoms in total. The summed E-state index contributed by atoms with van der Waals surface area (Å²) in [5.74, 6) is 1.79. The first-order chi connectivity index (χ1) is 16.8. The summed E-state index contributed by atoms with van der Waals surface area (Å²) in [6.45, 7) is 16.8. The highest BCUT2D eigenvalue weighted by atomic mass is 19.1. The average molecular weight is 501 g/mol. The minimum atomic E-state index is -0.223. The number of ketones is 1. The minimum absolute atomic E-state index is 0. The average Bonchev–Trinajstić information content (AvgIpc) is 2.88. The number of halogens is 1. The second kappa shape index (κ2) is 16.9. The van der Waals surface area contributed by atoms with Gasteiger partial charge in [-0.3, -0.25) is 4.79 Å². The fraction of sp³-hybridized carbons (Fsp3) is 0.531. The summed E-state index contributed by atoms with van der Waals surface area (Å²) >= 11 is 0. The van der Waals surface area contributed by atoms with Crippen LogP contribution in [0.1, 0.15) is 79.4 Å². The molecule has 2 aromatic carbocycles. The molecule has 0 bridgehead atoms. The van der Waals surface area contributed by atoms with Crippen LogP contribution in [0.5, 0.6) is 11.5 Å². The Balaban J connectivity index is 0.00000233. The molecule has 0 radical (unpaired) electrons. The van der Waals surface area contributed by atoms with E-state index in [1.165, 1.54) is 24.8 Å². The Morgan fingerprint density at radius 1 is 1.03 bits per heavy atom. The zero-order valence-corrected chi connectivity index (χ0v) is 22.7. The number of phenols is 1. The predicted octanol–water partition coefficient (Wildman–Crippen LogP) is 8.83. The lowest BCUT2D eigenvalue weighted by atomic mass is 9.65. The number of methoxy groups -OCH3 is 1. The molecule has 1 saturated carbocycles. The molecule has 0 saturated heterocycles. The SMILES string of the molecule is C.C=C(Cc1ccc(F)cc1)C1CCC(C(=O)Cc2ccc(O)c(OC)c2)CC1C(C)C.CC.CC. The van der Waals surface area contributed by atoms with E-state index in [2.05, 4.69) is 20.4 Å². The Bertz CT molecular complexity index is 917. The van der Waals surface area contributed by atoms with Crippen molar-refractivity contribution in [2.45, 2.75) is 81.1 Å². The maximum atomic E-state index is 13.2. The Kier molecular flexibility index (Phi) is 15.7. The number of hydrogen-bond donors (Lipinski definition) is 1. The number of carbonyl (C=O) groups is 1. The highest BCUT2D eigenvalue weighted by Crippen LogP contribution is 2.43. The monoisotopic (exact) mass is 500 g/mol. The highest BCUT2D eigenvalue weighted by molar-refractivity contribution is 5.83. The summed E-state index contributed by atoms with van der Waals surface area (Å²) in [6, 6.07) is 11.7. The van der Waals surface area contributed by atoms with Crippen molar-refractivity contribution in [1.29, 1.82) is 0 Å². The molecule has 1 aliphatic rings. The largest absolute Gasteiger partial charge is 0.504 e. The van der Waals surface area contributed by atoms with E-state index in [-0.39, 0.29) is 30.7 Å². The van der Waals surface area contributed by atoms with Crippen LogP contribution in [0, 0.1) is 29.5 Å². The summed E-state index contributed by atoms with van der Waals surface area (Å²) < 4.78 is 18.4. The van der Waals surface area contributed by atoms with Gasteiger partial charge in [-0.25, -0.2) is 4.39 Å². The van der Waals surface area contributed by atoms with Crippen molar-refractivity contribution >= 4 is 5.78 Å². The summed E-state index contributed by atoms with van der Waals surface area (Å²) in [6.07, 6.45) is 3.80. The first kappa shape index (κ1) is 33.4. The quantitative estimate of drug-likeness (QED) is 0.368. The van der Waals surface area contributed by atoms with Crippen LogP contribution in [0.3, 0.4) is 0 Å². The van der Waals surface area contributed by atoms with Crippen molar-refractivity contribution in [2.24, 2.45) is 23.7 Å². The van der Waals surface area contributed by atoms with Crippen molar-refractivity contribution in [3.63, 3.8) is 0 Å². The number of Topliss-reactive ketones (excluding diaryl/α,β-unsaturated/α-hetero) is 1. The molecule has 0 spiro atoms. The zero-order valence-electron chi connectivity index (χ0n) is 22.7. The van der Waals surface area contributed by atoms with Crippen LogP contribution in [0.25, 0.3) is 0 Å². The molecular weight excluding hydrogens is 451 g/mol. The molecule has 3 unspecified atom stereocenters. The number of rotatable bonds is 8. The Morgan fingerprint density at radius 2 is 1.61 bits per heavy atom. The molecule has 0 amide bonds. The van der Waals surface area contributed by atoms with Gasteiger partial charge in [0, 0.05) is 12.3 Å². The first-order valence-corrected chi connectivity index (χ1v) is 13.1. The Hall–Kier alpha value is -2.62. The summed E-state index contributed by atoms with van der Waals surface area (Å²) in [5.41, 5.74) is 3.12. The minimum Gasteiger partial charge on any atom is -0.504 e. The predicted molar refractivity (Wildman–Crippen MR) is 151 cm³/mol. The van der Waals surface area contributed by atoms with Gasteiger partial charge in [0.1, 0.15) is 11.6 Å². The van der Waals surface area contributed by atoms with Gasteiger partial charge in [-0.1, -0.05) is 79.3 Å². The number of benzene rings is 2. The topological polar surface area (TPSA) is 46.5 Å². The molecule has 3 atom stereocenters. The lowest BCUT2D eigenvalue weighted by Gasteiger charge is -2.39. The van der Waals surface area contributed by atoms with Crippen LogP contribution in [-0.2, 0) is 17.6 Å². The van der Waals surface area contributed by atoms with Gasteiger partial charge in [0.25, 0.3) is 0 Å². The van der Waals surface area contributed by atoms with E-state index in [9.17, 15) is 14.3 Å². The number of hydrogen-bond acceptors (Lipinski definition) is 3. The van der Waals surface area contributed by atoms with E-state index in [1.807, 2.05) is 39.8 Å². The molecule has 2 aromatic rings. The van der Waals surface area contributed by atoms with E-state index >= 15 is 0 Å². The first-order valence-electron chi connectivity index (χ1n) is 13.1. The van der Waals surface area contributed by atoms with Gasteiger partial charge in [0.2, 0.25) is 0 Å². The van der Waals surface area contributed by atoms with E-state index in [0.717, 1.165) is 36.8 Å². The number of ether oxygens (including phenoxy) is 1. The molecule has 3 rings (SSSR count). The lowest BCUT2D eigenvalue weighted by Crippen LogP contribution is -2.33. The van der Waals surface area contributed by atoms with Crippen molar-refractivity contribution in [1.82, 2.24) is 0 Å². The number of phenolic OH excluding ortho intramolecular Hbond substituents is 1. The van der Waals surface area contributed by atoms with Crippen LogP contribution < -0.4 is 4.74 Å². The van der Waals surface area contributed by atoms with Gasteiger partial charge >= 0.3 is 0 Å². The fourth-order valence-corrected chi connectivity index (χ4v) is 4.91. The van der Waals surface area contributed by atoms with Gasteiger partial charge in [-0.2, -0.15) is 0 Å². The van der Waals surface area contributed by atoms with E-state index in [4.69, 9.17) is 4.74 Å². The normalized spacial score (nSPS) is 18.5. The van der Waals surface area contributed by atoms with E-state index < -0.39 is 0 Å². The molecule has 0 heterocycles. The van der Waals surface area contributed by atoms with Crippen molar-refractivity contribution < 1.29 is 19.0 Å². The van der Waals surface area contributed by atoms with Crippen LogP contribution in [0.15, 0.2) is 54.6 Å². The molecule has 4 heteroatoms. The number of carbonyl (C=O) groups excluding carboxylic acids is 1. The molecule has 36 heavy (non-hydrogen) atoms. The number of allylic oxidation sites excluding steroid dienone is 1. The van der Waals surface area contributed by atoms with Crippen LogP contribution in [0.2, 0.25) is 0 Å². The van der Waals surface area contributed by atoms with Gasteiger partial charge in [0.05, 0.1) is 7.11 Å². The third-order valence-electron chi connectivity index (χ3n) is 6.70. The molecule has 1 aliphatic carbocycles. The van der Waals surface area contributed by atoms with Gasteiger partial charge < -0.3 is 9.84 Å². The van der Waals surface area contributed by atoms with E-state index in [1.54, 1.807) is 18.2 Å². The summed E-state index contributed by atoms with van der Waals surface area (Å²) in [5, 5.41) is 9.78. The second-order valence-corrected chi connectivity index (χ2v) is 9.14. The van der Waals surface area contributed by atoms with Crippen LogP contribution in [-0.4, -0.2) is 18.0 Å². The lowest BCUT2D eigenvalue weighted by molar-refractivity contribution is -0.124. The molecule has 202 valence electrons. The third-order valence-corrected chi connectivity index (χ3v) is 6.70. The Labute approximate surface area is 219 Å². The molecular formula is C32H49FO3. The second-order valence-electron chi connectivity index (χ2n) is 9.14. The molecule has 0 aliphatic heterocycles. The van der Waals surface area contributed by atoms with Crippen molar-refractivity contribution in [2.75, 3.05) is 7.11 Å². The van der Waals surface area contributed by atoms with Crippen molar-refractivity contribution in [3.05, 3.63) is 71.6 Å². The summed E-state index contributed by atoms with van der Waals surface area (Å²) in [7, 11) is 1.51. The molecule has 1 fully saturated rings. The van der Waals surface area contributed by atoms with Crippen LogP contribution in [0.4, 0.5) is 4.39 Å². The van der Waals surface area contributed by atoms with Gasteiger partial charge in [-0.05, 0) is 78.8 Å². The third kappa shape index (κ3) is 9.44. The van der Waals surface area contributed by atoms with Crippen molar-refractivity contribution in [3.8, 4) is 11.5 Å². The van der Waals surface area contributed by atoms with Gasteiger partial charge in [-0.15, -0.1) is 0 Å². The maximum absolute atomic E-state index is 13.2. The standard InChI is InChI=1S/C27H33FO3.2C2H6.CH4/c1-17(2)24-16-21(26(30)14-20-7-12-25(29)27(15-20)31-4)8-11-23(24)18(3)13-19-5-9-22(28)10-6-19;2*1-2;/h5-7,9-10,12,15,17,21,23-24,29H,3,8,11,13-14,16H2,1-2,4H3;2*1-2H3;1H4. The zero-order chi connectivity index (χ0) is 26.5. The van der Waals surface area contributed by atoms with Crippen LogP contribution >= 0.6 is 0 Å². The summed E-state index contributed by atoms with van der Waals surface area (Å²) in [4.78, 5) is 13.1. The number of aromatic hydroxyl groups is 1. The molecule has 1 N–H and O–H groups in total. The van der Waals surface area contributed by atoms with Gasteiger partial charge in [0.15, 0.2) is 11.5 Å². The van der Waals surface area contributed by atoms with E-state index in [0.29, 0.717) is 29.9 Å².